The van der Waals surface area contributed by atoms with E-state index in [1.165, 1.54) is 6.07 Å². The van der Waals surface area contributed by atoms with Crippen LogP contribution in [0.5, 0.6) is 5.75 Å². The first kappa shape index (κ1) is 15.4. The Kier molecular flexibility index (Phi) is 5.57. The Morgan fingerprint density at radius 3 is 2.50 bits per heavy atom. The van der Waals surface area contributed by atoms with Gasteiger partial charge < -0.3 is 9.84 Å². The van der Waals surface area contributed by atoms with Crippen molar-refractivity contribution in [2.75, 3.05) is 6.61 Å². The molecule has 0 amide bonds. The molecule has 6 heteroatoms. The maximum Gasteiger partial charge on any atom is 0.343 e. The van der Waals surface area contributed by atoms with Gasteiger partial charge in [0.15, 0.2) is 0 Å². The molecule has 1 rings (SSSR count). The zero-order valence-electron chi connectivity index (χ0n) is 9.97. The van der Waals surface area contributed by atoms with Crippen molar-refractivity contribution in [1.82, 2.24) is 0 Å². The van der Waals surface area contributed by atoms with Crippen LogP contribution in [-0.2, 0) is 4.74 Å². The predicted octanol–water partition coefficient (Wildman–Crippen LogP) is 4.56. The molecule has 0 fully saturated rings. The Morgan fingerprint density at radius 2 is 1.94 bits per heavy atom. The summed E-state index contributed by atoms with van der Waals surface area (Å²) in [5.41, 5.74) is -0.196. The molecule has 1 aromatic rings. The summed E-state index contributed by atoms with van der Waals surface area (Å²) in [5.74, 6) is -0.743. The van der Waals surface area contributed by atoms with E-state index in [2.05, 4.69) is 0 Å². The minimum absolute atomic E-state index is 0.0415. The third-order valence-electron chi connectivity index (χ3n) is 2.28. The van der Waals surface area contributed by atoms with E-state index in [0.29, 0.717) is 5.92 Å². The SMILES string of the molecule is CC(C)CCOC(=O)c1c(O)c(Cl)cc(Cl)c1Cl. The number of phenols is 1. The van der Waals surface area contributed by atoms with Crippen molar-refractivity contribution in [2.45, 2.75) is 20.3 Å². The normalized spacial score (nSPS) is 10.8. The quantitative estimate of drug-likeness (QED) is 0.655. The Hall–Kier alpha value is -0.640. The first-order valence-electron chi connectivity index (χ1n) is 5.38. The lowest BCUT2D eigenvalue weighted by atomic mass is 10.1. The molecular weight excluding hydrogens is 298 g/mol. The third kappa shape index (κ3) is 3.67. The summed E-state index contributed by atoms with van der Waals surface area (Å²) in [4.78, 5) is 11.8. The van der Waals surface area contributed by atoms with Gasteiger partial charge in [0.2, 0.25) is 0 Å². The van der Waals surface area contributed by atoms with E-state index in [1.807, 2.05) is 13.8 Å². The summed E-state index contributed by atoms with van der Waals surface area (Å²) in [5, 5.41) is 9.70. The molecule has 0 aromatic heterocycles. The van der Waals surface area contributed by atoms with Gasteiger partial charge in [-0.3, -0.25) is 0 Å². The van der Waals surface area contributed by atoms with Crippen molar-refractivity contribution in [3.63, 3.8) is 0 Å². The fraction of sp³-hybridized carbons (Fsp3) is 0.417. The first-order valence-corrected chi connectivity index (χ1v) is 6.51. The van der Waals surface area contributed by atoms with Crippen molar-refractivity contribution in [3.05, 3.63) is 26.7 Å². The summed E-state index contributed by atoms with van der Waals surface area (Å²) >= 11 is 17.4. The molecule has 0 aliphatic rings. The van der Waals surface area contributed by atoms with Crippen LogP contribution in [0.4, 0.5) is 0 Å². The van der Waals surface area contributed by atoms with E-state index in [9.17, 15) is 9.90 Å². The smallest absolute Gasteiger partial charge is 0.343 e. The average molecular weight is 312 g/mol. The van der Waals surface area contributed by atoms with Gasteiger partial charge in [0.25, 0.3) is 0 Å². The van der Waals surface area contributed by atoms with E-state index in [-0.39, 0.29) is 27.2 Å². The Morgan fingerprint density at radius 1 is 1.33 bits per heavy atom. The van der Waals surface area contributed by atoms with Gasteiger partial charge in [-0.2, -0.15) is 0 Å². The number of phenolic OH excluding ortho intramolecular Hbond substituents is 1. The number of esters is 1. The van der Waals surface area contributed by atoms with E-state index in [1.54, 1.807) is 0 Å². The molecule has 0 radical (unpaired) electrons. The summed E-state index contributed by atoms with van der Waals surface area (Å²) in [7, 11) is 0. The lowest BCUT2D eigenvalue weighted by molar-refractivity contribution is 0.0485. The molecule has 1 aromatic carbocycles. The number of rotatable bonds is 4. The zero-order chi connectivity index (χ0) is 13.9. The number of benzene rings is 1. The highest BCUT2D eigenvalue weighted by Crippen LogP contribution is 2.38. The van der Waals surface area contributed by atoms with Crippen LogP contribution in [0.1, 0.15) is 30.6 Å². The fourth-order valence-corrected chi connectivity index (χ4v) is 1.92. The Bertz CT molecular complexity index is 432. The highest BCUT2D eigenvalue weighted by atomic mass is 35.5. The standard InChI is InChI=1S/C12H13Cl3O3/c1-6(2)3-4-18-12(17)9-10(15)7(13)5-8(14)11(9)16/h5-6,16H,3-4H2,1-2H3. The maximum atomic E-state index is 11.8. The van der Waals surface area contributed by atoms with Gasteiger partial charge in [-0.25, -0.2) is 4.79 Å². The molecule has 0 heterocycles. The second-order valence-corrected chi connectivity index (χ2v) is 5.39. The van der Waals surface area contributed by atoms with Crippen LogP contribution < -0.4 is 0 Å². The van der Waals surface area contributed by atoms with Gasteiger partial charge in [0.05, 0.1) is 21.7 Å². The van der Waals surface area contributed by atoms with Crippen LogP contribution in [0.15, 0.2) is 6.07 Å². The molecule has 100 valence electrons. The van der Waals surface area contributed by atoms with Crippen LogP contribution >= 0.6 is 34.8 Å². The molecule has 1 N–H and O–H groups in total. The van der Waals surface area contributed by atoms with Crippen molar-refractivity contribution < 1.29 is 14.6 Å². The third-order valence-corrected chi connectivity index (χ3v) is 3.35. The van der Waals surface area contributed by atoms with Gasteiger partial charge in [-0.15, -0.1) is 0 Å². The lowest BCUT2D eigenvalue weighted by Crippen LogP contribution is -2.09. The Labute approximate surface area is 121 Å². The number of aromatic hydroxyl groups is 1. The first-order chi connectivity index (χ1) is 8.34. The van der Waals surface area contributed by atoms with Crippen LogP contribution in [-0.4, -0.2) is 17.7 Å². The zero-order valence-corrected chi connectivity index (χ0v) is 12.2. The van der Waals surface area contributed by atoms with Crippen LogP contribution in [0, 0.1) is 5.92 Å². The minimum atomic E-state index is -0.734. The van der Waals surface area contributed by atoms with Gasteiger partial charge in [-0.1, -0.05) is 48.7 Å². The van der Waals surface area contributed by atoms with Crippen LogP contribution in [0.2, 0.25) is 15.1 Å². The topological polar surface area (TPSA) is 46.5 Å². The van der Waals surface area contributed by atoms with Gasteiger partial charge in [0, 0.05) is 0 Å². The summed E-state index contributed by atoms with van der Waals surface area (Å²) < 4.78 is 5.01. The molecule has 0 bridgehead atoms. The van der Waals surface area contributed by atoms with Gasteiger partial charge in [-0.05, 0) is 18.4 Å². The van der Waals surface area contributed by atoms with E-state index in [4.69, 9.17) is 39.5 Å². The van der Waals surface area contributed by atoms with Crippen molar-refractivity contribution >= 4 is 40.8 Å². The highest BCUT2D eigenvalue weighted by molar-refractivity contribution is 6.45. The molecule has 0 unspecified atom stereocenters. The second-order valence-electron chi connectivity index (χ2n) is 4.20. The molecule has 0 atom stereocenters. The predicted molar refractivity (Wildman–Crippen MR) is 72.9 cm³/mol. The highest BCUT2D eigenvalue weighted by Gasteiger charge is 2.22. The fourth-order valence-electron chi connectivity index (χ4n) is 1.23. The number of halogens is 3. The summed E-state index contributed by atoms with van der Waals surface area (Å²) in [6.07, 6.45) is 0.721. The molecular formula is C12H13Cl3O3. The van der Waals surface area contributed by atoms with Crippen molar-refractivity contribution in [1.29, 1.82) is 0 Å². The van der Waals surface area contributed by atoms with Crippen LogP contribution in [0.25, 0.3) is 0 Å². The average Bonchev–Trinajstić information content (AvgIpc) is 2.26. The van der Waals surface area contributed by atoms with Crippen molar-refractivity contribution in [2.24, 2.45) is 5.92 Å². The molecule has 0 aliphatic carbocycles. The van der Waals surface area contributed by atoms with E-state index >= 15 is 0 Å². The molecule has 3 nitrogen and oxygen atoms in total. The lowest BCUT2D eigenvalue weighted by Gasteiger charge is -2.11. The monoisotopic (exact) mass is 310 g/mol. The van der Waals surface area contributed by atoms with Gasteiger partial charge >= 0.3 is 5.97 Å². The van der Waals surface area contributed by atoms with Gasteiger partial charge in [0.1, 0.15) is 11.3 Å². The van der Waals surface area contributed by atoms with E-state index in [0.717, 1.165) is 6.42 Å². The van der Waals surface area contributed by atoms with E-state index < -0.39 is 11.7 Å². The molecule has 18 heavy (non-hydrogen) atoms. The molecule has 0 saturated carbocycles. The minimum Gasteiger partial charge on any atom is -0.505 e. The largest absolute Gasteiger partial charge is 0.505 e. The molecule has 0 aliphatic heterocycles. The number of hydrogen-bond acceptors (Lipinski definition) is 3. The second kappa shape index (κ2) is 6.50. The maximum absolute atomic E-state index is 11.8. The summed E-state index contributed by atoms with van der Waals surface area (Å²) in [6, 6.07) is 1.27. The Balaban J connectivity index is 2.92. The number of hydrogen-bond donors (Lipinski definition) is 1. The number of carbonyl (C=O) groups excluding carboxylic acids is 1. The van der Waals surface area contributed by atoms with Crippen LogP contribution in [0.3, 0.4) is 0 Å². The number of carbonyl (C=O) groups is 1. The summed E-state index contributed by atoms with van der Waals surface area (Å²) in [6.45, 7) is 4.26. The molecule has 0 spiro atoms. The molecule has 0 saturated heterocycles. The number of ether oxygens (including phenoxy) is 1. The van der Waals surface area contributed by atoms with Crippen molar-refractivity contribution in [3.8, 4) is 5.75 Å².